The fourth-order valence-electron chi connectivity index (χ4n) is 4.75. The molecule has 0 aliphatic carbocycles. The number of hydrogen-bond acceptors (Lipinski definition) is 5. The van der Waals surface area contributed by atoms with Gasteiger partial charge in [-0.25, -0.2) is 8.78 Å². The second-order valence-corrected chi connectivity index (χ2v) is 11.0. The van der Waals surface area contributed by atoms with E-state index in [1.807, 2.05) is 36.5 Å². The van der Waals surface area contributed by atoms with E-state index in [4.69, 9.17) is 0 Å². The highest BCUT2D eigenvalue weighted by molar-refractivity contribution is 6.11. The smallest absolute Gasteiger partial charge is 0.276 e. The molecule has 3 aromatic heterocycles. The number of amides is 1. The summed E-state index contributed by atoms with van der Waals surface area (Å²) in [6.45, 7) is 7.02. The van der Waals surface area contributed by atoms with E-state index in [1.54, 1.807) is 23.5 Å². The predicted octanol–water partition coefficient (Wildman–Crippen LogP) is 5.70. The second kappa shape index (κ2) is 9.63. The molecule has 0 atom stereocenters. The van der Waals surface area contributed by atoms with E-state index in [0.717, 1.165) is 34.2 Å². The van der Waals surface area contributed by atoms with E-state index in [-0.39, 0.29) is 30.0 Å². The fraction of sp³-hybridized carbons (Fsp3) is 0.357. The van der Waals surface area contributed by atoms with Crippen molar-refractivity contribution in [2.45, 2.75) is 46.1 Å². The summed E-state index contributed by atoms with van der Waals surface area (Å²) in [5, 5.41) is 10.8. The van der Waals surface area contributed by atoms with Crippen LogP contribution in [0.3, 0.4) is 0 Å². The quantitative estimate of drug-likeness (QED) is 0.352. The molecular formula is C28H30F2N6O. The zero-order valence-electron chi connectivity index (χ0n) is 21.2. The lowest BCUT2D eigenvalue weighted by Crippen LogP contribution is -2.24. The SMILES string of the molecule is CC(C)(C)Cc1cncc(NC(=O)c2n[nH]c3ccc(-c4cncc(CN5CCC(F)(F)C5)c4)cc23)c1. The maximum atomic E-state index is 13.6. The molecule has 0 spiro atoms. The van der Waals surface area contributed by atoms with Gasteiger partial charge < -0.3 is 5.32 Å². The van der Waals surface area contributed by atoms with Crippen LogP contribution in [0.5, 0.6) is 0 Å². The molecule has 4 aromatic rings. The third-order valence-corrected chi connectivity index (χ3v) is 6.35. The van der Waals surface area contributed by atoms with Crippen molar-refractivity contribution in [2.24, 2.45) is 5.41 Å². The van der Waals surface area contributed by atoms with Gasteiger partial charge in [-0.2, -0.15) is 5.10 Å². The Bertz CT molecular complexity index is 1440. The number of carbonyl (C=O) groups excluding carboxylic acids is 1. The van der Waals surface area contributed by atoms with Crippen LogP contribution < -0.4 is 5.32 Å². The van der Waals surface area contributed by atoms with Gasteiger partial charge in [0.25, 0.3) is 11.8 Å². The molecule has 0 bridgehead atoms. The molecule has 1 aliphatic rings. The lowest BCUT2D eigenvalue weighted by atomic mass is 9.89. The van der Waals surface area contributed by atoms with Gasteiger partial charge in [0, 0.05) is 49.1 Å². The molecule has 1 amide bonds. The summed E-state index contributed by atoms with van der Waals surface area (Å²) in [6, 6.07) is 9.58. The molecule has 0 unspecified atom stereocenters. The fourth-order valence-corrected chi connectivity index (χ4v) is 4.75. The number of pyridine rings is 2. The number of alkyl halides is 2. The van der Waals surface area contributed by atoms with Crippen molar-refractivity contribution in [3.8, 4) is 11.1 Å². The number of H-pyrrole nitrogens is 1. The molecule has 192 valence electrons. The molecule has 1 aromatic carbocycles. The van der Waals surface area contributed by atoms with Crippen LogP contribution in [-0.4, -0.2) is 50.0 Å². The van der Waals surface area contributed by atoms with Crippen LogP contribution >= 0.6 is 0 Å². The van der Waals surface area contributed by atoms with Gasteiger partial charge in [-0.15, -0.1) is 0 Å². The van der Waals surface area contributed by atoms with Crippen LogP contribution in [0.25, 0.3) is 22.0 Å². The summed E-state index contributed by atoms with van der Waals surface area (Å²) in [5.41, 5.74) is 5.34. The minimum absolute atomic E-state index is 0.102. The van der Waals surface area contributed by atoms with Gasteiger partial charge in [0.05, 0.1) is 23.9 Å². The standard InChI is InChI=1S/C28H30F2N6O/c1-27(2,3)11-18-9-22(15-32-12-18)33-26(37)25-23-10-20(4-5-24(23)34-35-25)21-8-19(13-31-14-21)16-36-7-6-28(29,30)17-36/h4-5,8-10,12-15H,6-7,11,16-17H2,1-3H3,(H,33,37)(H,34,35). The Balaban J connectivity index is 1.36. The van der Waals surface area contributed by atoms with Gasteiger partial charge in [0.2, 0.25) is 0 Å². The van der Waals surface area contributed by atoms with Gasteiger partial charge in [0.15, 0.2) is 5.69 Å². The summed E-state index contributed by atoms with van der Waals surface area (Å²) in [7, 11) is 0. The largest absolute Gasteiger partial charge is 0.319 e. The minimum Gasteiger partial charge on any atom is -0.319 e. The first kappa shape index (κ1) is 25.0. The third-order valence-electron chi connectivity index (χ3n) is 6.35. The molecule has 1 saturated heterocycles. The molecule has 1 aliphatic heterocycles. The molecule has 7 nitrogen and oxygen atoms in total. The van der Waals surface area contributed by atoms with Crippen molar-refractivity contribution in [2.75, 3.05) is 18.4 Å². The van der Waals surface area contributed by atoms with Crippen molar-refractivity contribution in [3.05, 3.63) is 71.9 Å². The van der Waals surface area contributed by atoms with Crippen LogP contribution in [0, 0.1) is 5.41 Å². The van der Waals surface area contributed by atoms with Gasteiger partial charge in [-0.1, -0.05) is 26.8 Å². The van der Waals surface area contributed by atoms with Crippen LogP contribution in [0.2, 0.25) is 0 Å². The van der Waals surface area contributed by atoms with Crippen LogP contribution in [0.15, 0.2) is 55.1 Å². The Labute approximate surface area is 214 Å². The number of halogens is 2. The number of carbonyl (C=O) groups is 1. The molecular weight excluding hydrogens is 474 g/mol. The highest BCUT2D eigenvalue weighted by atomic mass is 19.3. The summed E-state index contributed by atoms with van der Waals surface area (Å²) in [4.78, 5) is 23.5. The maximum Gasteiger partial charge on any atom is 0.276 e. The van der Waals surface area contributed by atoms with E-state index in [2.05, 4.69) is 46.3 Å². The van der Waals surface area contributed by atoms with E-state index in [0.29, 0.717) is 24.2 Å². The van der Waals surface area contributed by atoms with Gasteiger partial charge in [0.1, 0.15) is 0 Å². The highest BCUT2D eigenvalue weighted by Gasteiger charge is 2.37. The summed E-state index contributed by atoms with van der Waals surface area (Å²) < 4.78 is 27.2. The number of likely N-dealkylation sites (tertiary alicyclic amines) is 1. The molecule has 37 heavy (non-hydrogen) atoms. The van der Waals surface area contributed by atoms with Gasteiger partial charge in [-0.3, -0.25) is 24.8 Å². The molecule has 9 heteroatoms. The Kier molecular flexibility index (Phi) is 6.49. The number of rotatable bonds is 6. The maximum absolute atomic E-state index is 13.6. The number of aromatic nitrogens is 4. The van der Waals surface area contributed by atoms with Gasteiger partial charge >= 0.3 is 0 Å². The lowest BCUT2D eigenvalue weighted by molar-refractivity contribution is 0.0115. The van der Waals surface area contributed by atoms with Crippen molar-refractivity contribution in [1.82, 2.24) is 25.1 Å². The zero-order valence-corrected chi connectivity index (χ0v) is 21.2. The minimum atomic E-state index is -2.63. The van der Waals surface area contributed by atoms with E-state index >= 15 is 0 Å². The first-order chi connectivity index (χ1) is 17.5. The van der Waals surface area contributed by atoms with Crippen molar-refractivity contribution < 1.29 is 13.6 Å². The van der Waals surface area contributed by atoms with Gasteiger partial charge in [-0.05, 0) is 52.8 Å². The van der Waals surface area contributed by atoms with E-state index in [9.17, 15) is 13.6 Å². The Morgan fingerprint density at radius 2 is 1.84 bits per heavy atom. The average Bonchev–Trinajstić information content (AvgIpc) is 3.40. The molecule has 1 fully saturated rings. The topological polar surface area (TPSA) is 86.8 Å². The summed E-state index contributed by atoms with van der Waals surface area (Å²) in [5.74, 6) is -2.96. The Morgan fingerprint density at radius 1 is 1.05 bits per heavy atom. The molecule has 0 radical (unpaired) electrons. The summed E-state index contributed by atoms with van der Waals surface area (Å²) in [6.07, 6.45) is 7.60. The second-order valence-electron chi connectivity index (χ2n) is 11.0. The van der Waals surface area contributed by atoms with Crippen molar-refractivity contribution in [3.63, 3.8) is 0 Å². The number of fused-ring (bicyclic) bond motifs is 1. The van der Waals surface area contributed by atoms with Crippen LogP contribution in [0.1, 0.15) is 48.8 Å². The molecule has 4 heterocycles. The normalized spacial score (nSPS) is 15.8. The first-order valence-corrected chi connectivity index (χ1v) is 12.3. The zero-order chi connectivity index (χ0) is 26.2. The van der Waals surface area contributed by atoms with Crippen molar-refractivity contribution >= 4 is 22.5 Å². The number of hydrogen-bond donors (Lipinski definition) is 2. The predicted molar refractivity (Wildman–Crippen MR) is 140 cm³/mol. The number of nitrogens with one attached hydrogen (secondary N) is 2. The van der Waals surface area contributed by atoms with Crippen LogP contribution in [-0.2, 0) is 13.0 Å². The third kappa shape index (κ3) is 5.99. The average molecular weight is 505 g/mol. The number of anilines is 1. The van der Waals surface area contributed by atoms with E-state index in [1.165, 1.54) is 0 Å². The highest BCUT2D eigenvalue weighted by Crippen LogP contribution is 2.30. The van der Waals surface area contributed by atoms with Crippen LogP contribution in [0.4, 0.5) is 14.5 Å². The number of nitrogens with zero attached hydrogens (tertiary/aromatic N) is 4. The monoisotopic (exact) mass is 504 g/mol. The first-order valence-electron chi connectivity index (χ1n) is 12.3. The molecule has 2 N–H and O–H groups in total. The number of aromatic amines is 1. The Hall–Kier alpha value is -3.72. The number of benzene rings is 1. The summed E-state index contributed by atoms with van der Waals surface area (Å²) >= 11 is 0. The Morgan fingerprint density at radius 3 is 2.59 bits per heavy atom. The lowest BCUT2D eigenvalue weighted by Gasteiger charge is -2.18. The van der Waals surface area contributed by atoms with E-state index < -0.39 is 5.92 Å². The molecule has 0 saturated carbocycles. The molecule has 5 rings (SSSR count). The van der Waals surface area contributed by atoms with Crippen molar-refractivity contribution in [1.29, 1.82) is 0 Å².